The van der Waals surface area contributed by atoms with Gasteiger partial charge in [0.15, 0.2) is 0 Å². The molecule has 1 aromatic heterocycles. The molecule has 6 nitrogen and oxygen atoms in total. The van der Waals surface area contributed by atoms with Crippen molar-refractivity contribution in [1.82, 2.24) is 10.4 Å². The number of carbonyl (C=O) groups is 2. The van der Waals surface area contributed by atoms with Crippen LogP contribution in [0.3, 0.4) is 0 Å². The molecule has 2 rings (SSSR count). The number of primary amides is 1. The Bertz CT molecular complexity index is 648. The molecule has 0 saturated carbocycles. The second kappa shape index (κ2) is 5.01. The van der Waals surface area contributed by atoms with Gasteiger partial charge in [-0.25, -0.2) is 5.43 Å². The molecule has 1 aromatic carbocycles. The summed E-state index contributed by atoms with van der Waals surface area (Å²) in [4.78, 5) is 24.4. The molecule has 0 spiro atoms. The van der Waals surface area contributed by atoms with Crippen LogP contribution in [0.1, 0.15) is 5.56 Å². The van der Waals surface area contributed by atoms with Crippen LogP contribution in [0.5, 0.6) is 0 Å². The minimum Gasteiger partial charge on any atom is -0.361 e. The number of aromatic amines is 1. The Hall–Kier alpha value is -2.15. The van der Waals surface area contributed by atoms with Gasteiger partial charge in [-0.3, -0.25) is 9.59 Å². The lowest BCUT2D eigenvalue weighted by molar-refractivity contribution is -0.137. The normalized spacial score (nSPS) is 10.9. The number of hydrazone groups is 1. The number of carbonyl (C=O) groups excluding carboxylic acids is 2. The molecule has 0 atom stereocenters. The molecule has 0 unspecified atom stereocenters. The van der Waals surface area contributed by atoms with Gasteiger partial charge < -0.3 is 10.7 Å². The van der Waals surface area contributed by atoms with Crippen LogP contribution >= 0.6 is 15.9 Å². The molecule has 0 fully saturated rings. The third-order valence-electron chi connectivity index (χ3n) is 2.27. The van der Waals surface area contributed by atoms with Crippen LogP contribution in [-0.4, -0.2) is 23.0 Å². The van der Waals surface area contributed by atoms with Crippen molar-refractivity contribution in [2.24, 2.45) is 10.8 Å². The Kier molecular flexibility index (Phi) is 3.42. The highest BCUT2D eigenvalue weighted by Gasteiger charge is 2.06. The highest BCUT2D eigenvalue weighted by atomic mass is 79.9. The average molecular weight is 309 g/mol. The molecule has 0 aliphatic carbocycles. The van der Waals surface area contributed by atoms with Gasteiger partial charge in [-0.15, -0.1) is 0 Å². The number of nitrogens with one attached hydrogen (secondary N) is 2. The predicted octanol–water partition coefficient (Wildman–Crippen LogP) is 0.866. The van der Waals surface area contributed by atoms with E-state index in [1.165, 1.54) is 6.21 Å². The van der Waals surface area contributed by atoms with Crippen LogP contribution < -0.4 is 11.2 Å². The average Bonchev–Trinajstić information content (AvgIpc) is 2.71. The van der Waals surface area contributed by atoms with E-state index in [0.29, 0.717) is 0 Å². The van der Waals surface area contributed by atoms with Gasteiger partial charge in [0, 0.05) is 27.1 Å². The van der Waals surface area contributed by atoms with Gasteiger partial charge in [-0.1, -0.05) is 15.9 Å². The topological polar surface area (TPSA) is 100 Å². The molecular weight excluding hydrogens is 300 g/mol. The van der Waals surface area contributed by atoms with Gasteiger partial charge in [-0.2, -0.15) is 5.10 Å². The van der Waals surface area contributed by atoms with E-state index in [1.54, 1.807) is 6.20 Å². The zero-order valence-corrected chi connectivity index (χ0v) is 10.7. The minimum absolute atomic E-state index is 0.788. The Morgan fingerprint density at radius 1 is 1.44 bits per heavy atom. The molecule has 1 heterocycles. The summed E-state index contributed by atoms with van der Waals surface area (Å²) >= 11 is 3.37. The smallest absolute Gasteiger partial charge is 0.329 e. The van der Waals surface area contributed by atoms with Gasteiger partial charge in [0.2, 0.25) is 0 Å². The number of halogens is 1. The summed E-state index contributed by atoms with van der Waals surface area (Å²) in [5.74, 6) is -2.03. The van der Waals surface area contributed by atoms with Gasteiger partial charge in [0.05, 0.1) is 6.21 Å². The second-order valence-corrected chi connectivity index (χ2v) is 4.41. The fraction of sp³-hybridized carbons (Fsp3) is 0. The summed E-state index contributed by atoms with van der Waals surface area (Å²) < 4.78 is 0.936. The van der Waals surface area contributed by atoms with Crippen LogP contribution in [0, 0.1) is 0 Å². The largest absolute Gasteiger partial charge is 0.361 e. The number of rotatable bonds is 2. The molecule has 0 bridgehead atoms. The molecule has 0 aliphatic rings. The third kappa shape index (κ3) is 2.57. The van der Waals surface area contributed by atoms with Crippen LogP contribution in [0.25, 0.3) is 10.9 Å². The second-order valence-electron chi connectivity index (χ2n) is 3.50. The van der Waals surface area contributed by atoms with E-state index in [2.05, 4.69) is 26.0 Å². The summed E-state index contributed by atoms with van der Waals surface area (Å²) in [5, 5.41) is 4.60. The minimum atomic E-state index is -1.08. The van der Waals surface area contributed by atoms with Crippen molar-refractivity contribution in [3.63, 3.8) is 0 Å². The predicted molar refractivity (Wildman–Crippen MR) is 70.9 cm³/mol. The Morgan fingerprint density at radius 3 is 2.94 bits per heavy atom. The van der Waals surface area contributed by atoms with Gasteiger partial charge >= 0.3 is 11.8 Å². The SMILES string of the molecule is NC(=O)C(=O)N/N=C/c1c[nH]c2ccc(Br)cc12. The number of fused-ring (bicyclic) bond motifs is 1. The molecule has 18 heavy (non-hydrogen) atoms. The van der Waals surface area contributed by atoms with E-state index >= 15 is 0 Å². The molecule has 0 saturated heterocycles. The molecular formula is C11H9BrN4O2. The number of amides is 2. The highest BCUT2D eigenvalue weighted by molar-refractivity contribution is 9.10. The van der Waals surface area contributed by atoms with Crippen LogP contribution in [0.2, 0.25) is 0 Å². The fourth-order valence-electron chi connectivity index (χ4n) is 1.44. The first-order valence-corrected chi connectivity index (χ1v) is 5.76. The lowest BCUT2D eigenvalue weighted by Crippen LogP contribution is -2.32. The number of hydrogen-bond acceptors (Lipinski definition) is 3. The van der Waals surface area contributed by atoms with Gasteiger partial charge in [0.25, 0.3) is 0 Å². The summed E-state index contributed by atoms with van der Waals surface area (Å²) in [6, 6.07) is 5.75. The summed E-state index contributed by atoms with van der Waals surface area (Å²) in [6.07, 6.45) is 3.18. The number of nitrogens with two attached hydrogens (primary N) is 1. The lowest BCUT2D eigenvalue weighted by atomic mass is 10.2. The maximum Gasteiger partial charge on any atom is 0.329 e. The van der Waals surface area contributed by atoms with E-state index < -0.39 is 11.8 Å². The van der Waals surface area contributed by atoms with E-state index in [9.17, 15) is 9.59 Å². The van der Waals surface area contributed by atoms with Crippen molar-refractivity contribution >= 4 is 44.9 Å². The summed E-state index contributed by atoms with van der Waals surface area (Å²) in [7, 11) is 0. The van der Waals surface area contributed by atoms with Crippen molar-refractivity contribution in [3.8, 4) is 0 Å². The number of H-pyrrole nitrogens is 1. The molecule has 2 aromatic rings. The maximum absolute atomic E-state index is 10.9. The third-order valence-corrected chi connectivity index (χ3v) is 2.76. The Morgan fingerprint density at radius 2 is 2.22 bits per heavy atom. The van der Waals surface area contributed by atoms with Crippen molar-refractivity contribution in [2.45, 2.75) is 0 Å². The first kappa shape index (κ1) is 12.3. The summed E-state index contributed by atoms with van der Waals surface area (Å²) in [6.45, 7) is 0. The van der Waals surface area contributed by atoms with E-state index in [0.717, 1.165) is 20.9 Å². The van der Waals surface area contributed by atoms with E-state index in [1.807, 2.05) is 23.6 Å². The lowest BCUT2D eigenvalue weighted by Gasteiger charge is -1.94. The fourth-order valence-corrected chi connectivity index (χ4v) is 1.80. The number of hydrogen-bond donors (Lipinski definition) is 3. The van der Waals surface area contributed by atoms with Crippen LogP contribution in [-0.2, 0) is 9.59 Å². The Labute approximate surface area is 110 Å². The van der Waals surface area contributed by atoms with E-state index in [-0.39, 0.29) is 0 Å². The van der Waals surface area contributed by atoms with Crippen molar-refractivity contribution in [2.75, 3.05) is 0 Å². The quantitative estimate of drug-likeness (QED) is 0.435. The molecule has 0 radical (unpaired) electrons. The monoisotopic (exact) mass is 308 g/mol. The number of nitrogens with zero attached hydrogens (tertiary/aromatic N) is 1. The van der Waals surface area contributed by atoms with Crippen LogP contribution in [0.4, 0.5) is 0 Å². The van der Waals surface area contributed by atoms with Crippen molar-refractivity contribution in [1.29, 1.82) is 0 Å². The maximum atomic E-state index is 10.9. The van der Waals surface area contributed by atoms with Crippen molar-refractivity contribution < 1.29 is 9.59 Å². The van der Waals surface area contributed by atoms with E-state index in [4.69, 9.17) is 5.73 Å². The zero-order valence-electron chi connectivity index (χ0n) is 9.11. The zero-order chi connectivity index (χ0) is 13.1. The molecule has 2 amide bonds. The first-order valence-electron chi connectivity index (χ1n) is 4.97. The highest BCUT2D eigenvalue weighted by Crippen LogP contribution is 2.21. The molecule has 4 N–H and O–H groups in total. The standard InChI is InChI=1S/C11H9BrN4O2/c12-7-1-2-9-8(3-7)6(4-14-9)5-15-16-11(18)10(13)17/h1-5,14H,(H2,13,17)(H,16,18)/b15-5+. The molecule has 92 valence electrons. The number of aromatic nitrogens is 1. The number of benzene rings is 1. The van der Waals surface area contributed by atoms with Gasteiger partial charge in [-0.05, 0) is 18.2 Å². The van der Waals surface area contributed by atoms with Gasteiger partial charge in [0.1, 0.15) is 0 Å². The van der Waals surface area contributed by atoms with Crippen molar-refractivity contribution in [3.05, 3.63) is 34.4 Å². The summed E-state index contributed by atoms with van der Waals surface area (Å²) in [5.41, 5.74) is 8.53. The molecule has 0 aliphatic heterocycles. The van der Waals surface area contributed by atoms with Crippen LogP contribution in [0.15, 0.2) is 34.0 Å². The molecule has 7 heteroatoms. The Balaban J connectivity index is 2.22. The first-order chi connectivity index (χ1) is 8.58.